The molecule has 0 aliphatic heterocycles. The van der Waals surface area contributed by atoms with Crippen LogP contribution >= 0.6 is 0 Å². The predicted octanol–water partition coefficient (Wildman–Crippen LogP) is -2.58. The minimum absolute atomic E-state index is 0. The van der Waals surface area contributed by atoms with Gasteiger partial charge in [-0.25, -0.2) is 4.39 Å². The van der Waals surface area contributed by atoms with Gasteiger partial charge in [-0.1, -0.05) is 6.92 Å². The molecule has 12 heavy (non-hydrogen) atoms. The van der Waals surface area contributed by atoms with Crippen LogP contribution in [0.4, 0.5) is 17.6 Å². The molecule has 0 saturated carbocycles. The van der Waals surface area contributed by atoms with Crippen molar-refractivity contribution in [3.8, 4) is 0 Å². The van der Waals surface area contributed by atoms with Crippen LogP contribution in [0.15, 0.2) is 0 Å². The minimum Gasteiger partial charge on any atom is -0.546 e. The number of hydrogen-bond acceptors (Lipinski definition) is 2. The molecule has 0 fully saturated rings. The molecule has 7 heteroatoms. The molecule has 0 radical (unpaired) electrons. The number of aliphatic carboxylic acids is 1. The summed E-state index contributed by atoms with van der Waals surface area (Å²) < 4.78 is 47.0. The van der Waals surface area contributed by atoms with E-state index in [1.54, 1.807) is 0 Å². The van der Waals surface area contributed by atoms with Gasteiger partial charge in [-0.3, -0.25) is 0 Å². The van der Waals surface area contributed by atoms with Crippen LogP contribution in [-0.2, 0) is 4.79 Å². The van der Waals surface area contributed by atoms with Gasteiger partial charge in [0.1, 0.15) is 0 Å². The Bertz CT molecular complexity index is 169. The maximum Gasteiger partial charge on any atom is 1.00 e. The summed E-state index contributed by atoms with van der Waals surface area (Å²) in [5.41, 5.74) is -4.22. The number of rotatable bonds is 2. The standard InChI is InChI=1S/C5H6F4O2.Na/c1-2-4(6,3(10)11)5(7,8)9;/h2H2,1H3,(H,10,11);/q;+1/p-1. The zero-order valence-corrected chi connectivity index (χ0v) is 8.54. The number of carboxylic acids is 1. The third-order valence-corrected chi connectivity index (χ3v) is 1.26. The Balaban J connectivity index is 0. The van der Waals surface area contributed by atoms with E-state index in [0.29, 0.717) is 0 Å². The molecule has 1 unspecified atom stereocenters. The third-order valence-electron chi connectivity index (χ3n) is 1.26. The van der Waals surface area contributed by atoms with Crippen molar-refractivity contribution >= 4 is 5.97 Å². The molecule has 0 N–H and O–H groups in total. The maximum absolute atomic E-state index is 12.4. The average molecular weight is 196 g/mol. The molecule has 0 aliphatic rings. The number of alkyl halides is 4. The first kappa shape index (κ1) is 14.7. The fraction of sp³-hybridized carbons (Fsp3) is 0.800. The SMILES string of the molecule is CCC(F)(C(=O)[O-])C(F)(F)F.[Na+]. The molecular weight excluding hydrogens is 191 g/mol. The Morgan fingerprint density at radius 2 is 1.67 bits per heavy atom. The van der Waals surface area contributed by atoms with Crippen LogP contribution in [0.1, 0.15) is 13.3 Å². The molecule has 0 aromatic rings. The molecule has 0 saturated heterocycles. The second-order valence-corrected chi connectivity index (χ2v) is 1.94. The number of carbonyl (C=O) groups excluding carboxylic acids is 1. The van der Waals surface area contributed by atoms with Gasteiger partial charge in [-0.2, -0.15) is 13.2 Å². The van der Waals surface area contributed by atoms with Crippen LogP contribution < -0.4 is 34.7 Å². The van der Waals surface area contributed by atoms with E-state index >= 15 is 0 Å². The summed E-state index contributed by atoms with van der Waals surface area (Å²) in [4.78, 5) is 9.69. The zero-order valence-electron chi connectivity index (χ0n) is 6.54. The molecule has 0 heterocycles. The third kappa shape index (κ3) is 2.60. The summed E-state index contributed by atoms with van der Waals surface area (Å²) in [5, 5.41) is 9.69. The van der Waals surface area contributed by atoms with Crippen LogP contribution in [0.2, 0.25) is 0 Å². The fourth-order valence-electron chi connectivity index (χ4n) is 0.461. The summed E-state index contributed by atoms with van der Waals surface area (Å²) in [6.45, 7) is 0.781. The van der Waals surface area contributed by atoms with Crippen molar-refractivity contribution in [1.82, 2.24) is 0 Å². The Morgan fingerprint density at radius 3 is 1.67 bits per heavy atom. The summed E-state index contributed by atoms with van der Waals surface area (Å²) in [7, 11) is 0. The molecule has 0 amide bonds. The van der Waals surface area contributed by atoms with Crippen molar-refractivity contribution < 1.29 is 57.0 Å². The van der Waals surface area contributed by atoms with Gasteiger partial charge in [0.05, 0.1) is 5.97 Å². The summed E-state index contributed by atoms with van der Waals surface area (Å²) in [5.74, 6) is -2.74. The van der Waals surface area contributed by atoms with Gasteiger partial charge in [-0.05, 0) is 6.42 Å². The Morgan fingerprint density at radius 1 is 1.33 bits per heavy atom. The second kappa shape index (κ2) is 4.43. The largest absolute Gasteiger partial charge is 1.00 e. The van der Waals surface area contributed by atoms with E-state index in [9.17, 15) is 27.5 Å². The summed E-state index contributed by atoms with van der Waals surface area (Å²) >= 11 is 0. The van der Waals surface area contributed by atoms with E-state index in [2.05, 4.69) is 0 Å². The quantitative estimate of drug-likeness (QED) is 0.359. The Hall–Kier alpha value is 0.190. The van der Waals surface area contributed by atoms with Crippen molar-refractivity contribution in [1.29, 1.82) is 0 Å². The first-order valence-corrected chi connectivity index (χ1v) is 2.72. The minimum atomic E-state index is -5.40. The molecule has 66 valence electrons. The van der Waals surface area contributed by atoms with Crippen molar-refractivity contribution in [2.75, 3.05) is 0 Å². The maximum atomic E-state index is 12.4. The fourth-order valence-corrected chi connectivity index (χ4v) is 0.461. The number of carbonyl (C=O) groups is 1. The van der Waals surface area contributed by atoms with E-state index in [-0.39, 0.29) is 29.6 Å². The van der Waals surface area contributed by atoms with Crippen molar-refractivity contribution in [2.45, 2.75) is 25.2 Å². The molecule has 0 aromatic heterocycles. The predicted molar refractivity (Wildman–Crippen MR) is 25.2 cm³/mol. The van der Waals surface area contributed by atoms with Crippen LogP contribution in [0.25, 0.3) is 0 Å². The Labute approximate surface area is 88.2 Å². The topological polar surface area (TPSA) is 40.1 Å². The van der Waals surface area contributed by atoms with E-state index in [4.69, 9.17) is 0 Å². The molecule has 0 aromatic carbocycles. The van der Waals surface area contributed by atoms with Crippen molar-refractivity contribution in [2.24, 2.45) is 0 Å². The molecular formula is C5H5F4NaO2. The van der Waals surface area contributed by atoms with Crippen molar-refractivity contribution in [3.63, 3.8) is 0 Å². The first-order valence-electron chi connectivity index (χ1n) is 2.72. The van der Waals surface area contributed by atoms with Gasteiger partial charge in [0.15, 0.2) is 0 Å². The van der Waals surface area contributed by atoms with E-state index in [0.717, 1.165) is 6.92 Å². The van der Waals surface area contributed by atoms with E-state index in [1.165, 1.54) is 0 Å². The van der Waals surface area contributed by atoms with Crippen LogP contribution in [0.3, 0.4) is 0 Å². The smallest absolute Gasteiger partial charge is 0.546 e. The van der Waals surface area contributed by atoms with Crippen molar-refractivity contribution in [3.05, 3.63) is 0 Å². The van der Waals surface area contributed by atoms with Gasteiger partial charge in [0, 0.05) is 0 Å². The van der Waals surface area contributed by atoms with Gasteiger partial charge in [-0.15, -0.1) is 0 Å². The summed E-state index contributed by atoms with van der Waals surface area (Å²) in [6.07, 6.45) is -6.58. The van der Waals surface area contributed by atoms with Gasteiger partial charge in [0.25, 0.3) is 0 Å². The van der Waals surface area contributed by atoms with E-state index in [1.807, 2.05) is 0 Å². The van der Waals surface area contributed by atoms with Crippen LogP contribution in [0.5, 0.6) is 0 Å². The molecule has 1 atom stereocenters. The molecule has 0 aliphatic carbocycles. The second-order valence-electron chi connectivity index (χ2n) is 1.94. The molecule has 2 nitrogen and oxygen atoms in total. The van der Waals surface area contributed by atoms with Crippen LogP contribution in [0, 0.1) is 0 Å². The first-order chi connectivity index (χ1) is 4.75. The number of halogens is 4. The number of hydrogen-bond donors (Lipinski definition) is 0. The molecule has 0 rings (SSSR count). The molecule has 0 spiro atoms. The summed E-state index contributed by atoms with van der Waals surface area (Å²) in [6, 6.07) is 0. The van der Waals surface area contributed by atoms with Gasteiger partial charge < -0.3 is 9.90 Å². The Kier molecular flexibility index (Phi) is 5.43. The van der Waals surface area contributed by atoms with E-state index < -0.39 is 24.2 Å². The van der Waals surface area contributed by atoms with Gasteiger partial charge in [0.2, 0.25) is 5.67 Å². The van der Waals surface area contributed by atoms with Crippen LogP contribution in [-0.4, -0.2) is 17.8 Å². The number of carboxylic acid groups (broad SMARTS) is 1. The zero-order chi connectivity index (χ0) is 9.28. The van der Waals surface area contributed by atoms with Gasteiger partial charge >= 0.3 is 35.7 Å². The molecule has 0 bridgehead atoms. The normalized spacial score (nSPS) is 16.1. The average Bonchev–Trinajstić information content (AvgIpc) is 1.83. The monoisotopic (exact) mass is 196 g/mol.